The van der Waals surface area contributed by atoms with Gasteiger partial charge in [0.2, 0.25) is 0 Å². The molecule has 0 unspecified atom stereocenters. The van der Waals surface area contributed by atoms with Crippen LogP contribution in [0, 0.1) is 0 Å². The van der Waals surface area contributed by atoms with Gasteiger partial charge in [-0.2, -0.15) is 0 Å². The lowest BCUT2D eigenvalue weighted by atomic mass is 10.2. The molecule has 0 radical (unpaired) electrons. The maximum atomic E-state index is 11.9. The van der Waals surface area contributed by atoms with Gasteiger partial charge in [0, 0.05) is 17.0 Å². The minimum atomic E-state index is -0.257. The normalized spacial score (nSPS) is 14.8. The molecular formula is C20H17Cl2NO4S2. The maximum Gasteiger partial charge on any atom is 0.263 e. The van der Waals surface area contributed by atoms with Gasteiger partial charge in [-0.25, -0.2) is 0 Å². The Balaban J connectivity index is 1.64. The molecule has 0 aliphatic carbocycles. The molecule has 0 saturated carbocycles. The molecule has 1 saturated heterocycles. The molecule has 1 heterocycles. The molecule has 1 aliphatic heterocycles. The predicted octanol–water partition coefficient (Wildman–Crippen LogP) is 5.34. The van der Waals surface area contributed by atoms with Gasteiger partial charge in [-0.05, 0) is 30.3 Å². The van der Waals surface area contributed by atoms with Gasteiger partial charge >= 0.3 is 0 Å². The van der Waals surface area contributed by atoms with Crippen LogP contribution in [0.2, 0.25) is 10.0 Å². The Bertz CT molecular complexity index is 965. The summed E-state index contributed by atoms with van der Waals surface area (Å²) in [6, 6.07) is 10.7. The van der Waals surface area contributed by atoms with Crippen molar-refractivity contribution in [3.05, 3.63) is 56.9 Å². The average Bonchev–Trinajstić information content (AvgIpc) is 3.00. The van der Waals surface area contributed by atoms with Crippen molar-refractivity contribution in [3.63, 3.8) is 0 Å². The van der Waals surface area contributed by atoms with Crippen LogP contribution in [0.4, 0.5) is 0 Å². The number of amides is 1. The van der Waals surface area contributed by atoms with Gasteiger partial charge in [0.05, 0.1) is 30.3 Å². The SMILES string of the molecule is COc1ccccc1OCCCOc1c(Cl)cc(Cl)cc1C=C1SC(=S)NC1=O. The van der Waals surface area contributed by atoms with E-state index in [0.29, 0.717) is 61.7 Å². The molecule has 0 aromatic heterocycles. The molecular weight excluding hydrogens is 453 g/mol. The van der Waals surface area contributed by atoms with E-state index in [1.54, 1.807) is 25.3 Å². The number of thiocarbonyl (C=S) groups is 1. The third-order valence-corrected chi connectivity index (χ3v) is 5.49. The third kappa shape index (κ3) is 5.79. The number of carbonyl (C=O) groups is 1. The Morgan fingerprint density at radius 1 is 1.14 bits per heavy atom. The van der Waals surface area contributed by atoms with Gasteiger partial charge in [-0.15, -0.1) is 0 Å². The number of hydrogen-bond donors (Lipinski definition) is 1. The fourth-order valence-corrected chi connectivity index (χ4v) is 4.15. The fourth-order valence-electron chi connectivity index (χ4n) is 2.56. The summed E-state index contributed by atoms with van der Waals surface area (Å²) >= 11 is 18.6. The number of halogens is 2. The van der Waals surface area contributed by atoms with E-state index in [0.717, 1.165) is 0 Å². The van der Waals surface area contributed by atoms with E-state index in [1.807, 2.05) is 24.3 Å². The lowest BCUT2D eigenvalue weighted by molar-refractivity contribution is -0.115. The van der Waals surface area contributed by atoms with Gasteiger partial charge < -0.3 is 19.5 Å². The smallest absolute Gasteiger partial charge is 0.263 e. The molecule has 2 aromatic carbocycles. The number of ether oxygens (including phenoxy) is 3. The second kappa shape index (κ2) is 10.2. The van der Waals surface area contributed by atoms with Crippen molar-refractivity contribution in [2.75, 3.05) is 20.3 Å². The number of nitrogens with one attached hydrogen (secondary N) is 1. The number of rotatable bonds is 8. The Labute approximate surface area is 188 Å². The Morgan fingerprint density at radius 2 is 1.86 bits per heavy atom. The van der Waals surface area contributed by atoms with E-state index in [1.165, 1.54) is 11.8 Å². The molecule has 1 amide bonds. The maximum absolute atomic E-state index is 11.9. The van der Waals surface area contributed by atoms with Gasteiger partial charge in [-0.1, -0.05) is 59.3 Å². The van der Waals surface area contributed by atoms with Crippen LogP contribution in [0.25, 0.3) is 6.08 Å². The monoisotopic (exact) mass is 469 g/mol. The average molecular weight is 470 g/mol. The van der Waals surface area contributed by atoms with E-state index >= 15 is 0 Å². The minimum absolute atomic E-state index is 0.257. The zero-order valence-corrected chi connectivity index (χ0v) is 18.5. The highest BCUT2D eigenvalue weighted by Gasteiger charge is 2.23. The molecule has 0 bridgehead atoms. The number of thioether (sulfide) groups is 1. The summed E-state index contributed by atoms with van der Waals surface area (Å²) in [7, 11) is 1.60. The van der Waals surface area contributed by atoms with Crippen LogP contribution in [0.15, 0.2) is 41.3 Å². The van der Waals surface area contributed by atoms with Crippen LogP contribution in [0.1, 0.15) is 12.0 Å². The first-order valence-corrected chi connectivity index (χ1v) is 10.6. The zero-order chi connectivity index (χ0) is 20.8. The number of hydrogen-bond acceptors (Lipinski definition) is 6. The number of methoxy groups -OCH3 is 1. The molecule has 1 fully saturated rings. The van der Waals surface area contributed by atoms with Crippen molar-refractivity contribution < 1.29 is 19.0 Å². The van der Waals surface area contributed by atoms with Crippen molar-refractivity contribution >= 4 is 63.5 Å². The Kier molecular flexibility index (Phi) is 7.66. The summed E-state index contributed by atoms with van der Waals surface area (Å²) in [5.74, 6) is 1.54. The van der Waals surface area contributed by atoms with Gasteiger partial charge in [-0.3, -0.25) is 4.79 Å². The summed E-state index contributed by atoms with van der Waals surface area (Å²) in [6.07, 6.45) is 2.28. The van der Waals surface area contributed by atoms with Crippen LogP contribution in [-0.4, -0.2) is 30.6 Å². The lowest BCUT2D eigenvalue weighted by Crippen LogP contribution is -2.17. The first-order valence-electron chi connectivity index (χ1n) is 8.60. The molecule has 1 aliphatic rings. The Morgan fingerprint density at radius 3 is 2.55 bits per heavy atom. The molecule has 152 valence electrons. The second-order valence-electron chi connectivity index (χ2n) is 5.86. The van der Waals surface area contributed by atoms with E-state index in [-0.39, 0.29) is 5.91 Å². The van der Waals surface area contributed by atoms with Crippen molar-refractivity contribution in [2.45, 2.75) is 6.42 Å². The first-order chi connectivity index (χ1) is 14.0. The van der Waals surface area contributed by atoms with Crippen LogP contribution < -0.4 is 19.5 Å². The van der Waals surface area contributed by atoms with E-state index in [2.05, 4.69) is 5.32 Å². The van der Waals surface area contributed by atoms with Crippen LogP contribution in [0.5, 0.6) is 17.2 Å². The fraction of sp³-hybridized carbons (Fsp3) is 0.200. The van der Waals surface area contributed by atoms with E-state index in [9.17, 15) is 4.79 Å². The van der Waals surface area contributed by atoms with Gasteiger partial charge in [0.15, 0.2) is 11.5 Å². The van der Waals surface area contributed by atoms with Crippen molar-refractivity contribution in [1.29, 1.82) is 0 Å². The van der Waals surface area contributed by atoms with Crippen molar-refractivity contribution in [1.82, 2.24) is 5.32 Å². The predicted molar refractivity (Wildman–Crippen MR) is 121 cm³/mol. The second-order valence-corrected chi connectivity index (χ2v) is 8.42. The molecule has 29 heavy (non-hydrogen) atoms. The van der Waals surface area contributed by atoms with Crippen molar-refractivity contribution in [3.8, 4) is 17.2 Å². The minimum Gasteiger partial charge on any atom is -0.493 e. The summed E-state index contributed by atoms with van der Waals surface area (Å²) < 4.78 is 17.3. The Hall–Kier alpha value is -1.93. The van der Waals surface area contributed by atoms with Gasteiger partial charge in [0.25, 0.3) is 5.91 Å². The molecule has 2 aromatic rings. The lowest BCUT2D eigenvalue weighted by Gasteiger charge is -2.13. The van der Waals surface area contributed by atoms with Gasteiger partial charge in [0.1, 0.15) is 10.1 Å². The first kappa shape index (κ1) is 21.8. The van der Waals surface area contributed by atoms with Crippen molar-refractivity contribution in [2.24, 2.45) is 0 Å². The molecule has 1 N–H and O–H groups in total. The highest BCUT2D eigenvalue weighted by atomic mass is 35.5. The molecule has 0 spiro atoms. The standard InChI is InChI=1S/C20H17Cl2NO4S2/c1-25-15-5-2-3-6-16(15)26-7-4-8-27-18-12(9-13(21)11-14(18)22)10-17-19(24)23-20(28)29-17/h2-3,5-6,9-11H,4,7-8H2,1H3,(H,23,24,28). The number of benzene rings is 2. The third-order valence-electron chi connectivity index (χ3n) is 3.83. The van der Waals surface area contributed by atoms with Crippen LogP contribution >= 0.6 is 47.2 Å². The quantitative estimate of drug-likeness (QED) is 0.320. The van der Waals surface area contributed by atoms with Crippen LogP contribution in [0.3, 0.4) is 0 Å². The van der Waals surface area contributed by atoms with Crippen LogP contribution in [-0.2, 0) is 4.79 Å². The van der Waals surface area contributed by atoms with E-state index in [4.69, 9.17) is 49.6 Å². The largest absolute Gasteiger partial charge is 0.493 e. The van der Waals surface area contributed by atoms with E-state index < -0.39 is 0 Å². The summed E-state index contributed by atoms with van der Waals surface area (Å²) in [5.41, 5.74) is 0.607. The molecule has 3 rings (SSSR count). The number of carbonyl (C=O) groups excluding carboxylic acids is 1. The summed E-state index contributed by atoms with van der Waals surface area (Å²) in [6.45, 7) is 0.805. The highest BCUT2D eigenvalue weighted by Crippen LogP contribution is 2.36. The highest BCUT2D eigenvalue weighted by molar-refractivity contribution is 8.26. The molecule has 5 nitrogen and oxygen atoms in total. The summed E-state index contributed by atoms with van der Waals surface area (Å²) in [5, 5.41) is 3.38. The molecule has 0 atom stereocenters. The summed E-state index contributed by atoms with van der Waals surface area (Å²) in [4.78, 5) is 12.4. The molecule has 9 heteroatoms. The zero-order valence-electron chi connectivity index (χ0n) is 15.4. The topological polar surface area (TPSA) is 56.8 Å². The number of para-hydroxylation sites is 2.